The molecule has 5 rings (SSSR count). The first-order valence-corrected chi connectivity index (χ1v) is 10.6. The number of carbonyl (C=O) groups is 3. The van der Waals surface area contributed by atoms with E-state index in [-0.39, 0.29) is 36.7 Å². The predicted octanol–water partition coefficient (Wildman–Crippen LogP) is 3.16. The molecule has 1 N–H and O–H groups in total. The third-order valence-corrected chi connectivity index (χ3v) is 6.70. The Bertz CT molecular complexity index is 1030. The van der Waals surface area contributed by atoms with Gasteiger partial charge >= 0.3 is 0 Å². The molecule has 3 heterocycles. The molecule has 7 nitrogen and oxygen atoms in total. The third kappa shape index (κ3) is 2.83. The fourth-order valence-electron chi connectivity index (χ4n) is 5.16. The Hall–Kier alpha value is -3.09. The summed E-state index contributed by atoms with van der Waals surface area (Å²) in [4.78, 5) is 42.0. The highest BCUT2D eigenvalue weighted by Crippen LogP contribution is 2.44. The van der Waals surface area contributed by atoms with Crippen molar-refractivity contribution in [2.75, 3.05) is 11.4 Å². The van der Waals surface area contributed by atoms with Crippen LogP contribution in [0.1, 0.15) is 66.8 Å². The first-order valence-electron chi connectivity index (χ1n) is 10.6. The quantitative estimate of drug-likeness (QED) is 0.844. The van der Waals surface area contributed by atoms with E-state index in [9.17, 15) is 14.4 Å². The van der Waals surface area contributed by atoms with Crippen LogP contribution in [0, 0.1) is 0 Å². The molecule has 1 aromatic heterocycles. The van der Waals surface area contributed by atoms with Crippen LogP contribution in [-0.4, -0.2) is 34.8 Å². The zero-order valence-electron chi connectivity index (χ0n) is 17.0. The molecule has 3 amide bonds. The summed E-state index contributed by atoms with van der Waals surface area (Å²) in [5.74, 6) is 0.741. The summed E-state index contributed by atoms with van der Waals surface area (Å²) in [5.41, 5.74) is 1.51. The number of furan rings is 1. The molecule has 0 spiro atoms. The zero-order valence-corrected chi connectivity index (χ0v) is 17.0. The Morgan fingerprint density at radius 2 is 2.07 bits per heavy atom. The fourth-order valence-corrected chi connectivity index (χ4v) is 5.16. The molecule has 3 aliphatic rings. The number of nitrogens with one attached hydrogen (secondary N) is 1. The highest BCUT2D eigenvalue weighted by Gasteiger charge is 2.52. The summed E-state index contributed by atoms with van der Waals surface area (Å²) in [6, 6.07) is 9.10. The van der Waals surface area contributed by atoms with Crippen molar-refractivity contribution in [3.63, 3.8) is 0 Å². The summed E-state index contributed by atoms with van der Waals surface area (Å²) in [6.07, 6.45) is 5.58. The number of anilines is 1. The number of benzene rings is 1. The van der Waals surface area contributed by atoms with Crippen molar-refractivity contribution < 1.29 is 18.8 Å². The predicted molar refractivity (Wildman–Crippen MR) is 110 cm³/mol. The molecule has 2 atom stereocenters. The van der Waals surface area contributed by atoms with Gasteiger partial charge in [0.15, 0.2) is 0 Å². The van der Waals surface area contributed by atoms with Crippen LogP contribution in [0.5, 0.6) is 0 Å². The maximum atomic E-state index is 13.2. The van der Waals surface area contributed by atoms with Crippen LogP contribution in [0.3, 0.4) is 0 Å². The van der Waals surface area contributed by atoms with Gasteiger partial charge in [0.05, 0.1) is 23.6 Å². The van der Waals surface area contributed by atoms with Crippen molar-refractivity contribution in [1.82, 2.24) is 10.2 Å². The van der Waals surface area contributed by atoms with E-state index in [4.69, 9.17) is 4.42 Å². The smallest absolute Gasteiger partial charge is 0.257 e. The van der Waals surface area contributed by atoms with Gasteiger partial charge in [-0.25, -0.2) is 0 Å². The highest BCUT2D eigenvalue weighted by atomic mass is 16.3. The van der Waals surface area contributed by atoms with Crippen molar-refractivity contribution in [3.05, 3.63) is 53.5 Å². The lowest BCUT2D eigenvalue weighted by molar-refractivity contribution is -0.122. The molecule has 0 radical (unpaired) electrons. The number of nitrogens with zero attached hydrogens (tertiary/aromatic N) is 2. The highest BCUT2D eigenvalue weighted by molar-refractivity contribution is 6.10. The molecule has 156 valence electrons. The van der Waals surface area contributed by atoms with Gasteiger partial charge in [-0.2, -0.15) is 0 Å². The number of hydrogen-bond donors (Lipinski definition) is 1. The Labute approximate surface area is 175 Å². The van der Waals surface area contributed by atoms with Crippen molar-refractivity contribution in [2.24, 2.45) is 0 Å². The van der Waals surface area contributed by atoms with Gasteiger partial charge < -0.3 is 14.6 Å². The van der Waals surface area contributed by atoms with E-state index < -0.39 is 5.66 Å². The molecule has 0 bridgehead atoms. The normalized spacial score (nSPS) is 25.0. The van der Waals surface area contributed by atoms with Crippen LogP contribution in [0.2, 0.25) is 0 Å². The molecule has 2 unspecified atom stereocenters. The minimum absolute atomic E-state index is 0.0154. The molecular formula is C23H25N3O4. The second kappa shape index (κ2) is 7.00. The van der Waals surface area contributed by atoms with Crippen LogP contribution in [0.25, 0.3) is 0 Å². The summed E-state index contributed by atoms with van der Waals surface area (Å²) < 4.78 is 5.50. The largest absolute Gasteiger partial charge is 0.469 e. The molecule has 1 aromatic carbocycles. The number of carbonyl (C=O) groups excluding carboxylic acids is 3. The molecular weight excluding hydrogens is 382 g/mol. The van der Waals surface area contributed by atoms with E-state index in [0.717, 1.165) is 30.6 Å². The van der Waals surface area contributed by atoms with E-state index in [1.54, 1.807) is 28.2 Å². The number of aryl methyl sites for hydroxylation is 1. The molecule has 0 saturated carbocycles. The van der Waals surface area contributed by atoms with Crippen LogP contribution < -0.4 is 10.2 Å². The van der Waals surface area contributed by atoms with Crippen LogP contribution in [0.15, 0.2) is 41.0 Å². The molecule has 2 aliphatic heterocycles. The van der Waals surface area contributed by atoms with Gasteiger partial charge in [-0.3, -0.25) is 19.3 Å². The van der Waals surface area contributed by atoms with Gasteiger partial charge in [0.1, 0.15) is 11.4 Å². The van der Waals surface area contributed by atoms with Gasteiger partial charge in [0.25, 0.3) is 5.91 Å². The van der Waals surface area contributed by atoms with Crippen molar-refractivity contribution in [1.29, 1.82) is 0 Å². The fraction of sp³-hybridized carbons (Fsp3) is 0.435. The van der Waals surface area contributed by atoms with Crippen LogP contribution in [-0.2, 0) is 16.0 Å². The average Bonchev–Trinajstić information content (AvgIpc) is 3.33. The van der Waals surface area contributed by atoms with Gasteiger partial charge in [0.2, 0.25) is 11.8 Å². The SMILES string of the molecule is CC12CCC(=O)N1c1ccccc1C(=O)N2CCC(=O)NC1CCCc2occc21. The number of hydrogen-bond acceptors (Lipinski definition) is 4. The maximum absolute atomic E-state index is 13.2. The van der Waals surface area contributed by atoms with Crippen molar-refractivity contribution >= 4 is 23.4 Å². The van der Waals surface area contributed by atoms with E-state index in [0.29, 0.717) is 24.1 Å². The van der Waals surface area contributed by atoms with Gasteiger partial charge in [-0.05, 0) is 44.4 Å². The van der Waals surface area contributed by atoms with Crippen molar-refractivity contribution in [3.8, 4) is 0 Å². The molecule has 2 aromatic rings. The standard InChI is InChI=1S/C23H25N3O4/c1-23-12-9-21(28)26(23)18-7-3-2-5-16(18)22(29)25(23)13-10-20(27)24-17-6-4-8-19-15(17)11-14-30-19/h2-3,5,7,11,14,17H,4,6,8-10,12-13H2,1H3,(H,24,27). The van der Waals surface area contributed by atoms with Gasteiger partial charge in [-0.1, -0.05) is 12.1 Å². The topological polar surface area (TPSA) is 82.9 Å². The molecule has 7 heteroatoms. The lowest BCUT2D eigenvalue weighted by Gasteiger charge is -2.48. The Morgan fingerprint density at radius 3 is 2.93 bits per heavy atom. The Kier molecular flexibility index (Phi) is 4.41. The van der Waals surface area contributed by atoms with Crippen LogP contribution in [0.4, 0.5) is 5.69 Å². The number of para-hydroxylation sites is 1. The molecule has 30 heavy (non-hydrogen) atoms. The Morgan fingerprint density at radius 1 is 1.23 bits per heavy atom. The number of fused-ring (bicyclic) bond motifs is 4. The maximum Gasteiger partial charge on any atom is 0.257 e. The Balaban J connectivity index is 1.33. The second-order valence-electron chi connectivity index (χ2n) is 8.48. The van der Waals surface area contributed by atoms with E-state index in [1.807, 2.05) is 25.1 Å². The second-order valence-corrected chi connectivity index (χ2v) is 8.48. The molecule has 1 saturated heterocycles. The summed E-state index contributed by atoms with van der Waals surface area (Å²) in [6.45, 7) is 2.19. The minimum Gasteiger partial charge on any atom is -0.469 e. The average molecular weight is 407 g/mol. The molecule has 1 aliphatic carbocycles. The summed E-state index contributed by atoms with van der Waals surface area (Å²) in [7, 11) is 0. The lowest BCUT2D eigenvalue weighted by Crippen LogP contribution is -2.62. The monoisotopic (exact) mass is 407 g/mol. The third-order valence-electron chi connectivity index (χ3n) is 6.70. The number of rotatable bonds is 4. The van der Waals surface area contributed by atoms with Gasteiger partial charge in [0, 0.05) is 31.4 Å². The zero-order chi connectivity index (χ0) is 20.9. The molecule has 1 fully saturated rings. The van der Waals surface area contributed by atoms with E-state index in [1.165, 1.54) is 0 Å². The van der Waals surface area contributed by atoms with Gasteiger partial charge in [-0.15, -0.1) is 0 Å². The number of amides is 3. The van der Waals surface area contributed by atoms with Crippen molar-refractivity contribution in [2.45, 2.75) is 57.2 Å². The first-order chi connectivity index (χ1) is 14.5. The van der Waals surface area contributed by atoms with E-state index >= 15 is 0 Å². The first kappa shape index (κ1) is 18.9. The van der Waals surface area contributed by atoms with Crippen LogP contribution >= 0.6 is 0 Å². The minimum atomic E-state index is -0.731. The summed E-state index contributed by atoms with van der Waals surface area (Å²) in [5, 5.41) is 3.10. The summed E-state index contributed by atoms with van der Waals surface area (Å²) >= 11 is 0. The lowest BCUT2D eigenvalue weighted by atomic mass is 9.93. The van der Waals surface area contributed by atoms with E-state index in [2.05, 4.69) is 5.32 Å².